The van der Waals surface area contributed by atoms with Gasteiger partial charge in [-0.15, -0.1) is 0 Å². The van der Waals surface area contributed by atoms with Crippen LogP contribution in [0, 0.1) is 5.82 Å². The Morgan fingerprint density at radius 3 is 2.87 bits per heavy atom. The Balaban J connectivity index is 1.97. The Hall–Kier alpha value is -1.56. The van der Waals surface area contributed by atoms with Gasteiger partial charge in [-0.2, -0.15) is 0 Å². The van der Waals surface area contributed by atoms with Crippen LogP contribution in [0.25, 0.3) is 0 Å². The summed E-state index contributed by atoms with van der Waals surface area (Å²) in [5, 5.41) is 3.19. The standard InChI is InChI=1S/C16H16Cl2FN3O/c1-22-14(9-3-2-4-12(20)13(9)15(22)18)16(23)21-8-5-6-11(19)10(17)7-8/h5-7,12H,2-4,20H2,1H3,(H,21,23). The van der Waals surface area contributed by atoms with E-state index in [2.05, 4.69) is 5.32 Å². The SMILES string of the molecule is Cn1c(Cl)c2c(c1C(=O)Nc1ccc(F)c(Cl)c1)CCCC2N. The van der Waals surface area contributed by atoms with Gasteiger partial charge in [0.1, 0.15) is 16.7 Å². The number of hydrogen-bond acceptors (Lipinski definition) is 2. The topological polar surface area (TPSA) is 60.0 Å². The van der Waals surface area contributed by atoms with Crippen LogP contribution in [0.2, 0.25) is 10.2 Å². The molecule has 3 rings (SSSR count). The lowest BCUT2D eigenvalue weighted by atomic mass is 9.90. The van der Waals surface area contributed by atoms with Crippen LogP contribution < -0.4 is 11.1 Å². The minimum atomic E-state index is -0.532. The van der Waals surface area contributed by atoms with E-state index >= 15 is 0 Å². The zero-order valence-corrected chi connectivity index (χ0v) is 14.0. The maximum absolute atomic E-state index is 13.2. The third kappa shape index (κ3) is 2.84. The Morgan fingerprint density at radius 2 is 2.17 bits per heavy atom. The van der Waals surface area contributed by atoms with Gasteiger partial charge in [0.15, 0.2) is 0 Å². The molecule has 1 aromatic carbocycles. The van der Waals surface area contributed by atoms with Gasteiger partial charge in [0.05, 0.1) is 5.02 Å². The third-order valence-electron chi connectivity index (χ3n) is 4.17. The predicted molar refractivity (Wildman–Crippen MR) is 89.7 cm³/mol. The van der Waals surface area contributed by atoms with E-state index in [0.29, 0.717) is 16.5 Å². The number of rotatable bonds is 2. The fraction of sp³-hybridized carbons (Fsp3) is 0.312. The summed E-state index contributed by atoms with van der Waals surface area (Å²) < 4.78 is 14.9. The summed E-state index contributed by atoms with van der Waals surface area (Å²) in [4.78, 5) is 12.7. The van der Waals surface area contributed by atoms with Gasteiger partial charge in [0, 0.05) is 24.3 Å². The van der Waals surface area contributed by atoms with Crippen molar-refractivity contribution >= 4 is 34.8 Å². The van der Waals surface area contributed by atoms with E-state index in [1.807, 2.05) is 0 Å². The number of halogens is 3. The molecule has 1 aromatic heterocycles. The van der Waals surface area contributed by atoms with Crippen LogP contribution >= 0.6 is 23.2 Å². The molecule has 1 heterocycles. The average Bonchev–Trinajstić information content (AvgIpc) is 2.76. The molecule has 2 aromatic rings. The van der Waals surface area contributed by atoms with Crippen LogP contribution in [-0.4, -0.2) is 10.5 Å². The molecule has 0 radical (unpaired) electrons. The van der Waals surface area contributed by atoms with Gasteiger partial charge < -0.3 is 15.6 Å². The van der Waals surface area contributed by atoms with Crippen molar-refractivity contribution in [3.8, 4) is 0 Å². The van der Waals surface area contributed by atoms with Crippen LogP contribution in [0.15, 0.2) is 18.2 Å². The van der Waals surface area contributed by atoms with Gasteiger partial charge in [0.25, 0.3) is 5.91 Å². The lowest BCUT2D eigenvalue weighted by Gasteiger charge is -2.19. The molecule has 1 aliphatic carbocycles. The summed E-state index contributed by atoms with van der Waals surface area (Å²) in [6.45, 7) is 0. The number of carbonyl (C=O) groups excluding carboxylic acids is 1. The summed E-state index contributed by atoms with van der Waals surface area (Å²) in [6, 6.07) is 3.89. The fourth-order valence-corrected chi connectivity index (χ4v) is 3.58. The molecule has 0 bridgehead atoms. The molecule has 4 nitrogen and oxygen atoms in total. The van der Waals surface area contributed by atoms with E-state index in [1.165, 1.54) is 18.2 Å². The van der Waals surface area contributed by atoms with Gasteiger partial charge in [-0.3, -0.25) is 4.79 Å². The minimum absolute atomic E-state index is 0.0447. The number of amides is 1. The molecule has 1 aliphatic rings. The zero-order chi connectivity index (χ0) is 16.7. The van der Waals surface area contributed by atoms with Crippen molar-refractivity contribution < 1.29 is 9.18 Å². The average molecular weight is 356 g/mol. The predicted octanol–water partition coefficient (Wildman–Crippen LogP) is 4.06. The van der Waals surface area contributed by atoms with Crippen molar-refractivity contribution in [2.45, 2.75) is 25.3 Å². The lowest BCUT2D eigenvalue weighted by molar-refractivity contribution is 0.101. The summed E-state index contributed by atoms with van der Waals surface area (Å²) in [5.74, 6) is -0.845. The maximum atomic E-state index is 13.2. The molecule has 1 unspecified atom stereocenters. The second kappa shape index (κ2) is 6.15. The number of hydrogen-bond donors (Lipinski definition) is 2. The Kier molecular flexibility index (Phi) is 4.36. The molecular formula is C16H16Cl2FN3O. The summed E-state index contributed by atoms with van der Waals surface area (Å²) in [6.07, 6.45) is 2.53. The Bertz CT molecular complexity index is 788. The van der Waals surface area contributed by atoms with E-state index in [9.17, 15) is 9.18 Å². The van der Waals surface area contributed by atoms with E-state index in [1.54, 1.807) is 11.6 Å². The van der Waals surface area contributed by atoms with Crippen molar-refractivity contribution in [3.63, 3.8) is 0 Å². The fourth-order valence-electron chi connectivity index (χ4n) is 3.06. The Morgan fingerprint density at radius 1 is 1.43 bits per heavy atom. The number of nitrogens with one attached hydrogen (secondary N) is 1. The summed E-state index contributed by atoms with van der Waals surface area (Å²) >= 11 is 12.1. The molecule has 23 heavy (non-hydrogen) atoms. The maximum Gasteiger partial charge on any atom is 0.272 e. The molecule has 0 saturated carbocycles. The van der Waals surface area contributed by atoms with Crippen LogP contribution in [0.4, 0.5) is 10.1 Å². The number of nitrogens with zero attached hydrogens (tertiary/aromatic N) is 1. The van der Waals surface area contributed by atoms with E-state index in [4.69, 9.17) is 28.9 Å². The first-order chi connectivity index (χ1) is 10.9. The second-order valence-corrected chi connectivity index (χ2v) is 6.44. The molecule has 0 spiro atoms. The molecule has 0 saturated heterocycles. The molecule has 7 heteroatoms. The smallest absolute Gasteiger partial charge is 0.272 e. The molecule has 122 valence electrons. The van der Waals surface area contributed by atoms with Crippen molar-refractivity contribution in [2.24, 2.45) is 12.8 Å². The highest BCUT2D eigenvalue weighted by Gasteiger charge is 2.30. The number of benzene rings is 1. The minimum Gasteiger partial charge on any atom is -0.330 e. The summed E-state index contributed by atoms with van der Waals surface area (Å²) in [5.41, 5.74) is 8.78. The number of fused-ring (bicyclic) bond motifs is 1. The quantitative estimate of drug-likeness (QED) is 0.853. The summed E-state index contributed by atoms with van der Waals surface area (Å²) in [7, 11) is 1.74. The van der Waals surface area contributed by atoms with Gasteiger partial charge in [-0.25, -0.2) is 4.39 Å². The van der Waals surface area contributed by atoms with Gasteiger partial charge >= 0.3 is 0 Å². The zero-order valence-electron chi connectivity index (χ0n) is 12.5. The van der Waals surface area contributed by atoms with E-state index in [0.717, 1.165) is 30.4 Å². The largest absolute Gasteiger partial charge is 0.330 e. The molecular weight excluding hydrogens is 340 g/mol. The normalized spacial score (nSPS) is 17.0. The third-order valence-corrected chi connectivity index (χ3v) is 4.92. The first-order valence-corrected chi connectivity index (χ1v) is 8.04. The monoisotopic (exact) mass is 355 g/mol. The van der Waals surface area contributed by atoms with Crippen LogP contribution in [0.5, 0.6) is 0 Å². The molecule has 1 amide bonds. The molecule has 1 atom stereocenters. The second-order valence-electron chi connectivity index (χ2n) is 5.67. The van der Waals surface area contributed by atoms with E-state index < -0.39 is 5.82 Å². The Labute approximate surface area is 143 Å². The first kappa shape index (κ1) is 16.3. The number of carbonyl (C=O) groups is 1. The van der Waals surface area contributed by atoms with Crippen molar-refractivity contribution in [3.05, 3.63) is 51.0 Å². The van der Waals surface area contributed by atoms with Crippen LogP contribution in [0.1, 0.15) is 40.5 Å². The van der Waals surface area contributed by atoms with Crippen molar-refractivity contribution in [1.82, 2.24) is 4.57 Å². The van der Waals surface area contributed by atoms with Crippen LogP contribution in [-0.2, 0) is 13.5 Å². The van der Waals surface area contributed by atoms with Crippen molar-refractivity contribution in [1.29, 1.82) is 0 Å². The highest BCUT2D eigenvalue weighted by atomic mass is 35.5. The van der Waals surface area contributed by atoms with Crippen LogP contribution in [0.3, 0.4) is 0 Å². The number of nitrogens with two attached hydrogens (primary N) is 1. The molecule has 0 aliphatic heterocycles. The van der Waals surface area contributed by atoms with Crippen molar-refractivity contribution in [2.75, 3.05) is 5.32 Å². The highest BCUT2D eigenvalue weighted by Crippen LogP contribution is 2.37. The van der Waals surface area contributed by atoms with Gasteiger partial charge in [-0.05, 0) is 43.0 Å². The van der Waals surface area contributed by atoms with Gasteiger partial charge in [0.2, 0.25) is 0 Å². The van der Waals surface area contributed by atoms with Gasteiger partial charge in [-0.1, -0.05) is 23.2 Å². The molecule has 0 fully saturated rings. The lowest BCUT2D eigenvalue weighted by Crippen LogP contribution is -2.20. The number of aromatic nitrogens is 1. The van der Waals surface area contributed by atoms with E-state index in [-0.39, 0.29) is 17.0 Å². The molecule has 3 N–H and O–H groups in total. The number of anilines is 1. The first-order valence-electron chi connectivity index (χ1n) is 7.29. The highest BCUT2D eigenvalue weighted by molar-refractivity contribution is 6.31.